The third kappa shape index (κ3) is 15.6. The zero-order valence-electron chi connectivity index (χ0n) is 19.4. The van der Waals surface area contributed by atoms with Crippen molar-refractivity contribution in [2.75, 3.05) is 0 Å². The predicted octanol–water partition coefficient (Wildman–Crippen LogP) is 8.29. The average Bonchev–Trinajstić information content (AvgIpc) is 3.03. The molecule has 1 heterocycles. The van der Waals surface area contributed by atoms with E-state index in [0.29, 0.717) is 6.42 Å². The maximum absolute atomic E-state index is 11.4. The van der Waals surface area contributed by atoms with E-state index >= 15 is 0 Å². The molecule has 0 bridgehead atoms. The van der Waals surface area contributed by atoms with Crippen LogP contribution in [0.5, 0.6) is 0 Å². The van der Waals surface area contributed by atoms with Gasteiger partial charge in [0.05, 0.1) is 12.3 Å². The van der Waals surface area contributed by atoms with E-state index in [-0.39, 0.29) is 17.9 Å². The maximum atomic E-state index is 11.4. The van der Waals surface area contributed by atoms with Gasteiger partial charge in [0.2, 0.25) is 0 Å². The molecule has 0 saturated carbocycles. The first-order chi connectivity index (χ1) is 14.2. The molecule has 170 valence electrons. The van der Waals surface area contributed by atoms with Crippen molar-refractivity contribution in [1.82, 2.24) is 0 Å². The molecule has 0 aromatic rings. The fraction of sp³-hybridized carbons (Fsp3) is 0.923. The normalized spacial score (nSPS) is 16.5. The lowest BCUT2D eigenvalue weighted by Gasteiger charge is -2.05. The Balaban J connectivity index is 1.68. The van der Waals surface area contributed by atoms with Crippen molar-refractivity contribution in [3.8, 4) is 0 Å². The molecule has 3 heteroatoms. The molecule has 1 fully saturated rings. The lowest BCUT2D eigenvalue weighted by molar-refractivity contribution is -0.153. The van der Waals surface area contributed by atoms with Gasteiger partial charge in [-0.1, -0.05) is 135 Å². The molecule has 3 nitrogen and oxygen atoms in total. The zero-order valence-corrected chi connectivity index (χ0v) is 19.4. The average molecular weight is 409 g/mol. The fourth-order valence-electron chi connectivity index (χ4n) is 4.39. The van der Waals surface area contributed by atoms with Crippen LogP contribution in [-0.4, -0.2) is 11.9 Å². The largest absolute Gasteiger partial charge is 0.393 e. The van der Waals surface area contributed by atoms with E-state index in [1.165, 1.54) is 122 Å². The van der Waals surface area contributed by atoms with Crippen molar-refractivity contribution in [2.24, 2.45) is 5.92 Å². The first-order valence-electron chi connectivity index (χ1n) is 13.0. The number of rotatable bonds is 21. The Hall–Kier alpha value is -0.860. The summed E-state index contributed by atoms with van der Waals surface area (Å²) in [5, 5.41) is 0. The summed E-state index contributed by atoms with van der Waals surface area (Å²) in [6.07, 6.45) is 28.7. The second-order valence-corrected chi connectivity index (χ2v) is 9.20. The Bertz CT molecular complexity index is 405. The van der Waals surface area contributed by atoms with E-state index in [1.54, 1.807) is 0 Å². The van der Waals surface area contributed by atoms with Gasteiger partial charge in [-0.2, -0.15) is 0 Å². The number of unbranched alkanes of at least 4 members (excludes halogenated alkanes) is 19. The topological polar surface area (TPSA) is 43.4 Å². The van der Waals surface area contributed by atoms with Crippen molar-refractivity contribution in [3.05, 3.63) is 0 Å². The lowest BCUT2D eigenvalue weighted by atomic mass is 9.98. The Labute approximate surface area is 180 Å². The maximum Gasteiger partial charge on any atom is 0.317 e. The molecular formula is C26H48O3. The monoisotopic (exact) mass is 408 g/mol. The van der Waals surface area contributed by atoms with Gasteiger partial charge in [-0.05, 0) is 6.42 Å². The molecule has 0 amide bonds. The highest BCUT2D eigenvalue weighted by Crippen LogP contribution is 2.22. The second kappa shape index (κ2) is 19.1. The van der Waals surface area contributed by atoms with Crippen molar-refractivity contribution >= 4 is 11.9 Å². The molecule has 1 aliphatic heterocycles. The predicted molar refractivity (Wildman–Crippen MR) is 122 cm³/mol. The van der Waals surface area contributed by atoms with E-state index in [0.717, 1.165) is 12.8 Å². The number of hydrogen-bond acceptors (Lipinski definition) is 3. The standard InChI is InChI=1S/C26H48O3/c1-2-3-4-5-6-7-8-9-10-11-12-13-14-15-16-17-18-19-20-21-22-24-23-25(27)29-26(24)28/h24H,2-23H2,1H3. The molecule has 29 heavy (non-hydrogen) atoms. The second-order valence-electron chi connectivity index (χ2n) is 9.20. The van der Waals surface area contributed by atoms with Crippen LogP contribution in [0.25, 0.3) is 0 Å². The van der Waals surface area contributed by atoms with Crippen molar-refractivity contribution in [1.29, 1.82) is 0 Å². The van der Waals surface area contributed by atoms with Crippen molar-refractivity contribution in [2.45, 2.75) is 148 Å². The Morgan fingerprint density at radius 1 is 0.586 bits per heavy atom. The molecule has 1 rings (SSSR count). The third-order valence-corrected chi connectivity index (χ3v) is 6.37. The van der Waals surface area contributed by atoms with Crippen LogP contribution in [-0.2, 0) is 14.3 Å². The minimum absolute atomic E-state index is 0.155. The highest BCUT2D eigenvalue weighted by molar-refractivity contribution is 5.94. The quantitative estimate of drug-likeness (QED) is 0.109. The van der Waals surface area contributed by atoms with Gasteiger partial charge in [-0.25, -0.2) is 0 Å². The molecule has 1 aliphatic rings. The third-order valence-electron chi connectivity index (χ3n) is 6.37. The van der Waals surface area contributed by atoms with E-state index < -0.39 is 0 Å². The number of carbonyl (C=O) groups is 2. The van der Waals surface area contributed by atoms with Crippen LogP contribution >= 0.6 is 0 Å². The van der Waals surface area contributed by atoms with Gasteiger partial charge in [0.25, 0.3) is 0 Å². The molecule has 1 saturated heterocycles. The summed E-state index contributed by atoms with van der Waals surface area (Å²) in [5.74, 6) is -0.793. The lowest BCUT2D eigenvalue weighted by Crippen LogP contribution is -2.06. The van der Waals surface area contributed by atoms with Crippen LogP contribution in [0.2, 0.25) is 0 Å². The summed E-state index contributed by atoms with van der Waals surface area (Å²) in [4.78, 5) is 22.4. The van der Waals surface area contributed by atoms with E-state index in [2.05, 4.69) is 11.7 Å². The number of hydrogen-bond donors (Lipinski definition) is 0. The van der Waals surface area contributed by atoms with Gasteiger partial charge in [0.15, 0.2) is 0 Å². The van der Waals surface area contributed by atoms with Crippen LogP contribution in [0.3, 0.4) is 0 Å². The van der Waals surface area contributed by atoms with Crippen LogP contribution in [0.1, 0.15) is 148 Å². The molecule has 1 atom stereocenters. The minimum atomic E-state index is -0.340. The van der Waals surface area contributed by atoms with Gasteiger partial charge >= 0.3 is 11.9 Å². The molecule has 0 aromatic heterocycles. The van der Waals surface area contributed by atoms with Gasteiger partial charge in [-0.3, -0.25) is 9.59 Å². The molecule has 0 spiro atoms. The summed E-state index contributed by atoms with van der Waals surface area (Å²) in [7, 11) is 0. The Morgan fingerprint density at radius 3 is 1.24 bits per heavy atom. The summed E-state index contributed by atoms with van der Waals surface area (Å²) >= 11 is 0. The first kappa shape index (κ1) is 26.2. The molecule has 0 N–H and O–H groups in total. The summed E-state index contributed by atoms with van der Waals surface area (Å²) in [5.41, 5.74) is 0. The summed E-state index contributed by atoms with van der Waals surface area (Å²) < 4.78 is 4.59. The van der Waals surface area contributed by atoms with E-state index in [9.17, 15) is 9.59 Å². The van der Waals surface area contributed by atoms with Crippen molar-refractivity contribution < 1.29 is 14.3 Å². The molecule has 0 aromatic carbocycles. The fourth-order valence-corrected chi connectivity index (χ4v) is 4.39. The number of carbonyl (C=O) groups excluding carboxylic acids is 2. The zero-order chi connectivity index (χ0) is 21.0. The molecule has 0 aliphatic carbocycles. The van der Waals surface area contributed by atoms with Crippen LogP contribution in [0.4, 0.5) is 0 Å². The van der Waals surface area contributed by atoms with E-state index in [1.807, 2.05) is 0 Å². The smallest absolute Gasteiger partial charge is 0.317 e. The number of esters is 2. The Morgan fingerprint density at radius 2 is 0.931 bits per heavy atom. The van der Waals surface area contributed by atoms with Gasteiger partial charge < -0.3 is 4.74 Å². The molecule has 0 radical (unpaired) electrons. The van der Waals surface area contributed by atoms with E-state index in [4.69, 9.17) is 0 Å². The van der Waals surface area contributed by atoms with Crippen molar-refractivity contribution in [3.63, 3.8) is 0 Å². The summed E-state index contributed by atoms with van der Waals surface area (Å²) in [6, 6.07) is 0. The highest BCUT2D eigenvalue weighted by atomic mass is 16.6. The SMILES string of the molecule is CCCCCCCCCCCCCCCCCCCCCCC1CC(=O)OC1=O. The van der Waals surface area contributed by atoms with Gasteiger partial charge in [0.1, 0.15) is 0 Å². The Kier molecular flexibility index (Phi) is 17.3. The minimum Gasteiger partial charge on any atom is -0.393 e. The highest BCUT2D eigenvalue weighted by Gasteiger charge is 2.32. The number of ether oxygens (including phenoxy) is 1. The van der Waals surface area contributed by atoms with Gasteiger partial charge in [-0.15, -0.1) is 0 Å². The number of cyclic esters (lactones) is 2. The van der Waals surface area contributed by atoms with Crippen LogP contribution in [0, 0.1) is 5.92 Å². The summed E-state index contributed by atoms with van der Waals surface area (Å²) in [6.45, 7) is 2.29. The molecule has 1 unspecified atom stereocenters. The van der Waals surface area contributed by atoms with Gasteiger partial charge in [0, 0.05) is 0 Å². The van der Waals surface area contributed by atoms with Crippen LogP contribution < -0.4 is 0 Å². The first-order valence-corrected chi connectivity index (χ1v) is 13.0. The molecular weight excluding hydrogens is 360 g/mol. The van der Waals surface area contributed by atoms with Crippen LogP contribution in [0.15, 0.2) is 0 Å².